The van der Waals surface area contributed by atoms with Crippen molar-refractivity contribution < 1.29 is 17.9 Å². The van der Waals surface area contributed by atoms with Crippen molar-refractivity contribution >= 4 is 49.4 Å². The van der Waals surface area contributed by atoms with Gasteiger partial charge in [0.2, 0.25) is 10.0 Å². The second-order valence-electron chi connectivity index (χ2n) is 4.32. The molecule has 0 amide bonds. The topological polar surface area (TPSA) is 72.5 Å². The third-order valence-electron chi connectivity index (χ3n) is 2.95. The molecule has 0 bridgehead atoms. The normalized spacial score (nSPS) is 13.0. The fourth-order valence-corrected chi connectivity index (χ4v) is 3.95. The van der Waals surface area contributed by atoms with Crippen LogP contribution in [0.25, 0.3) is 10.8 Å². The standard InChI is InChI=1S/C14H14INO4S/c1-20-14(17)12(15)9-16-21(18,19)13-8-4-6-10-5-2-3-7-11(10)13/h2-8,12,16H,9H2,1H3. The van der Waals surface area contributed by atoms with Gasteiger partial charge in [0.05, 0.1) is 12.0 Å². The molecule has 1 atom stereocenters. The molecule has 2 rings (SSSR count). The van der Waals surface area contributed by atoms with Gasteiger partial charge in [-0.1, -0.05) is 59.0 Å². The van der Waals surface area contributed by atoms with Crippen LogP contribution in [0.4, 0.5) is 0 Å². The van der Waals surface area contributed by atoms with Crippen molar-refractivity contribution in [1.29, 1.82) is 0 Å². The van der Waals surface area contributed by atoms with Crippen LogP contribution in [-0.2, 0) is 19.6 Å². The van der Waals surface area contributed by atoms with E-state index in [1.807, 2.05) is 40.8 Å². The molecule has 0 saturated carbocycles. The Morgan fingerprint density at radius 2 is 1.90 bits per heavy atom. The molecule has 0 radical (unpaired) electrons. The van der Waals surface area contributed by atoms with Gasteiger partial charge in [-0.3, -0.25) is 4.79 Å². The van der Waals surface area contributed by atoms with Gasteiger partial charge in [-0.05, 0) is 11.5 Å². The van der Waals surface area contributed by atoms with E-state index in [0.717, 1.165) is 5.39 Å². The predicted octanol–water partition coefficient (Wildman–Crippen LogP) is 2.09. The fraction of sp³-hybridized carbons (Fsp3) is 0.214. The fourth-order valence-electron chi connectivity index (χ4n) is 1.90. The number of methoxy groups -OCH3 is 1. The van der Waals surface area contributed by atoms with E-state index in [-0.39, 0.29) is 11.4 Å². The van der Waals surface area contributed by atoms with E-state index in [1.165, 1.54) is 7.11 Å². The van der Waals surface area contributed by atoms with Gasteiger partial charge in [0, 0.05) is 11.9 Å². The number of esters is 1. The van der Waals surface area contributed by atoms with Gasteiger partial charge < -0.3 is 4.74 Å². The van der Waals surface area contributed by atoms with Gasteiger partial charge in [-0.25, -0.2) is 13.1 Å². The molecule has 0 aliphatic rings. The maximum absolute atomic E-state index is 12.4. The zero-order valence-electron chi connectivity index (χ0n) is 11.2. The highest BCUT2D eigenvalue weighted by Gasteiger charge is 2.21. The van der Waals surface area contributed by atoms with Gasteiger partial charge in [0.1, 0.15) is 3.92 Å². The number of ether oxygens (including phenoxy) is 1. The van der Waals surface area contributed by atoms with Crippen molar-refractivity contribution in [3.05, 3.63) is 42.5 Å². The highest BCUT2D eigenvalue weighted by Crippen LogP contribution is 2.22. The van der Waals surface area contributed by atoms with Crippen molar-refractivity contribution in [2.45, 2.75) is 8.82 Å². The molecular formula is C14H14INO4S. The first-order valence-corrected chi connectivity index (χ1v) is 8.88. The molecule has 1 unspecified atom stereocenters. The number of benzene rings is 2. The summed E-state index contributed by atoms with van der Waals surface area (Å²) in [6, 6.07) is 12.3. The van der Waals surface area contributed by atoms with Crippen molar-refractivity contribution in [3.8, 4) is 0 Å². The van der Waals surface area contributed by atoms with Crippen LogP contribution in [0.3, 0.4) is 0 Å². The third kappa shape index (κ3) is 3.72. The van der Waals surface area contributed by atoms with Crippen LogP contribution >= 0.6 is 22.6 Å². The quantitative estimate of drug-likeness (QED) is 0.458. The third-order valence-corrected chi connectivity index (χ3v) is 5.38. The molecule has 0 saturated heterocycles. The first-order chi connectivity index (χ1) is 9.95. The Labute approximate surface area is 136 Å². The molecule has 0 aliphatic carbocycles. The van der Waals surface area contributed by atoms with E-state index in [9.17, 15) is 13.2 Å². The Bertz CT molecular complexity index is 755. The lowest BCUT2D eigenvalue weighted by molar-refractivity contribution is -0.139. The number of sulfonamides is 1. The van der Waals surface area contributed by atoms with Crippen molar-refractivity contribution in [2.75, 3.05) is 13.7 Å². The highest BCUT2D eigenvalue weighted by molar-refractivity contribution is 14.1. The molecule has 0 aliphatic heterocycles. The average molecular weight is 419 g/mol. The second-order valence-corrected chi connectivity index (χ2v) is 7.56. The smallest absolute Gasteiger partial charge is 0.319 e. The molecule has 0 aromatic heterocycles. The molecule has 0 heterocycles. The number of rotatable bonds is 5. The van der Waals surface area contributed by atoms with Crippen LogP contribution in [0, 0.1) is 0 Å². The van der Waals surface area contributed by atoms with Gasteiger partial charge in [0.15, 0.2) is 0 Å². The summed E-state index contributed by atoms with van der Waals surface area (Å²) in [6.07, 6.45) is 0. The molecule has 0 fully saturated rings. The van der Waals surface area contributed by atoms with E-state index in [1.54, 1.807) is 24.3 Å². The Morgan fingerprint density at radius 1 is 1.24 bits per heavy atom. The zero-order valence-corrected chi connectivity index (χ0v) is 14.2. The molecule has 2 aromatic rings. The number of halogens is 1. The predicted molar refractivity (Wildman–Crippen MR) is 89.0 cm³/mol. The number of carbonyl (C=O) groups is 1. The summed E-state index contributed by atoms with van der Waals surface area (Å²) in [4.78, 5) is 11.5. The van der Waals surface area contributed by atoms with Gasteiger partial charge in [-0.15, -0.1) is 0 Å². The Balaban J connectivity index is 2.28. The minimum atomic E-state index is -3.69. The minimum Gasteiger partial charge on any atom is -0.468 e. The van der Waals surface area contributed by atoms with Crippen molar-refractivity contribution in [1.82, 2.24) is 4.72 Å². The van der Waals surface area contributed by atoms with Crippen LogP contribution in [-0.4, -0.2) is 32.0 Å². The van der Waals surface area contributed by atoms with Crippen molar-refractivity contribution in [2.24, 2.45) is 0 Å². The van der Waals surface area contributed by atoms with E-state index in [0.29, 0.717) is 5.39 Å². The lowest BCUT2D eigenvalue weighted by Crippen LogP contribution is -2.33. The van der Waals surface area contributed by atoms with E-state index in [4.69, 9.17) is 0 Å². The largest absolute Gasteiger partial charge is 0.468 e. The summed E-state index contributed by atoms with van der Waals surface area (Å²) in [5.41, 5.74) is 0. The minimum absolute atomic E-state index is 0.0151. The van der Waals surface area contributed by atoms with Crippen LogP contribution in [0.2, 0.25) is 0 Å². The molecule has 7 heteroatoms. The molecule has 1 N–H and O–H groups in total. The molecule has 5 nitrogen and oxygen atoms in total. The molecule has 112 valence electrons. The molecule has 21 heavy (non-hydrogen) atoms. The van der Waals surface area contributed by atoms with E-state index < -0.39 is 19.9 Å². The molecular weight excluding hydrogens is 405 g/mol. The van der Waals surface area contributed by atoms with Gasteiger partial charge in [-0.2, -0.15) is 0 Å². The van der Waals surface area contributed by atoms with Gasteiger partial charge in [0.25, 0.3) is 0 Å². The summed E-state index contributed by atoms with van der Waals surface area (Å²) < 4.78 is 31.2. The summed E-state index contributed by atoms with van der Waals surface area (Å²) in [5, 5.41) is 1.50. The SMILES string of the molecule is COC(=O)C(I)CNS(=O)(=O)c1cccc2ccccc12. The number of alkyl halides is 1. The van der Waals surface area contributed by atoms with Gasteiger partial charge >= 0.3 is 5.97 Å². The number of nitrogens with one attached hydrogen (secondary N) is 1. The van der Waals surface area contributed by atoms with Crippen LogP contribution < -0.4 is 4.72 Å². The van der Waals surface area contributed by atoms with Crippen LogP contribution in [0.15, 0.2) is 47.4 Å². The van der Waals surface area contributed by atoms with E-state index >= 15 is 0 Å². The monoisotopic (exact) mass is 419 g/mol. The summed E-state index contributed by atoms with van der Waals surface area (Å²) in [6.45, 7) is -0.0151. The summed E-state index contributed by atoms with van der Waals surface area (Å²) in [7, 11) is -2.42. The average Bonchev–Trinajstić information content (AvgIpc) is 2.51. The zero-order chi connectivity index (χ0) is 15.5. The first-order valence-electron chi connectivity index (χ1n) is 6.15. The lowest BCUT2D eigenvalue weighted by Gasteiger charge is -2.11. The number of hydrogen-bond donors (Lipinski definition) is 1. The number of fused-ring (bicyclic) bond motifs is 1. The summed E-state index contributed by atoms with van der Waals surface area (Å²) >= 11 is 1.84. The van der Waals surface area contributed by atoms with Crippen LogP contribution in [0.5, 0.6) is 0 Å². The maximum Gasteiger partial charge on any atom is 0.319 e. The number of carbonyl (C=O) groups excluding carboxylic acids is 1. The molecule has 0 spiro atoms. The van der Waals surface area contributed by atoms with Crippen LogP contribution in [0.1, 0.15) is 0 Å². The number of hydrogen-bond acceptors (Lipinski definition) is 4. The maximum atomic E-state index is 12.4. The molecule has 2 aromatic carbocycles. The van der Waals surface area contributed by atoms with E-state index in [2.05, 4.69) is 9.46 Å². The Morgan fingerprint density at radius 3 is 2.62 bits per heavy atom. The first kappa shape index (κ1) is 16.2. The Kier molecular flexibility index (Phi) is 5.17. The lowest BCUT2D eigenvalue weighted by atomic mass is 10.1. The summed E-state index contributed by atoms with van der Waals surface area (Å²) in [5.74, 6) is -0.462. The highest BCUT2D eigenvalue weighted by atomic mass is 127. The second kappa shape index (κ2) is 6.71. The van der Waals surface area contributed by atoms with Crippen molar-refractivity contribution in [3.63, 3.8) is 0 Å². The Hall–Kier alpha value is -1.19.